The van der Waals surface area contributed by atoms with Gasteiger partial charge >= 0.3 is 0 Å². The van der Waals surface area contributed by atoms with Crippen LogP contribution in [0.4, 0.5) is 11.4 Å². The van der Waals surface area contributed by atoms with Crippen LogP contribution in [0, 0.1) is 0 Å². The van der Waals surface area contributed by atoms with Gasteiger partial charge < -0.3 is 15.4 Å². The highest BCUT2D eigenvalue weighted by molar-refractivity contribution is 7.92. The van der Waals surface area contributed by atoms with E-state index in [1.807, 2.05) is 0 Å². The van der Waals surface area contributed by atoms with E-state index in [0.29, 0.717) is 28.3 Å². The first kappa shape index (κ1) is 21.0. The molecule has 0 heterocycles. The fraction of sp³-hybridized carbons (Fsp3) is 0.158. The molecule has 9 heteroatoms. The number of rotatable bonds is 8. The van der Waals surface area contributed by atoms with Gasteiger partial charge in [0.15, 0.2) is 0 Å². The Balaban J connectivity index is 2.23. The number of amides is 2. The van der Waals surface area contributed by atoms with E-state index < -0.39 is 15.9 Å². The van der Waals surface area contributed by atoms with E-state index in [4.69, 9.17) is 4.74 Å². The second-order valence-electron chi connectivity index (χ2n) is 5.82. The summed E-state index contributed by atoms with van der Waals surface area (Å²) < 4.78 is 30.3. The van der Waals surface area contributed by atoms with Gasteiger partial charge in [-0.05, 0) is 29.8 Å². The van der Waals surface area contributed by atoms with E-state index in [2.05, 4.69) is 21.9 Å². The topological polar surface area (TPSA) is 114 Å². The van der Waals surface area contributed by atoms with Crippen molar-refractivity contribution in [2.75, 3.05) is 23.4 Å². The van der Waals surface area contributed by atoms with E-state index in [1.54, 1.807) is 24.3 Å². The van der Waals surface area contributed by atoms with Crippen LogP contribution in [0.2, 0.25) is 0 Å². The molecule has 0 unspecified atom stereocenters. The average molecular weight is 403 g/mol. The van der Waals surface area contributed by atoms with E-state index in [9.17, 15) is 18.0 Å². The SMILES string of the molecule is C=CC(=O)NCc1ccccc1C(=O)Nc1ccc(NS(C)(=O)=O)cc1OC. The van der Waals surface area contributed by atoms with Crippen LogP contribution >= 0.6 is 0 Å². The molecule has 0 aromatic heterocycles. The van der Waals surface area contributed by atoms with Crippen LogP contribution < -0.4 is 20.1 Å². The number of benzene rings is 2. The lowest BCUT2D eigenvalue weighted by atomic mass is 10.1. The number of hydrogen-bond donors (Lipinski definition) is 3. The van der Waals surface area contributed by atoms with Crippen molar-refractivity contribution in [1.82, 2.24) is 5.32 Å². The van der Waals surface area contributed by atoms with Crippen LogP contribution in [0.25, 0.3) is 0 Å². The molecule has 0 aliphatic heterocycles. The Morgan fingerprint density at radius 1 is 1.18 bits per heavy atom. The Hall–Kier alpha value is -3.33. The third-order valence-electron chi connectivity index (χ3n) is 3.65. The van der Waals surface area contributed by atoms with Gasteiger partial charge in [-0.2, -0.15) is 0 Å². The summed E-state index contributed by atoms with van der Waals surface area (Å²) in [6, 6.07) is 11.3. The predicted molar refractivity (Wildman–Crippen MR) is 108 cm³/mol. The van der Waals surface area contributed by atoms with Crippen molar-refractivity contribution in [3.05, 3.63) is 66.2 Å². The van der Waals surface area contributed by atoms with Crippen molar-refractivity contribution in [3.63, 3.8) is 0 Å². The van der Waals surface area contributed by atoms with Crippen molar-refractivity contribution >= 4 is 33.2 Å². The Morgan fingerprint density at radius 3 is 2.54 bits per heavy atom. The highest BCUT2D eigenvalue weighted by atomic mass is 32.2. The maximum atomic E-state index is 12.7. The summed E-state index contributed by atoms with van der Waals surface area (Å²) in [6.07, 6.45) is 2.19. The molecular formula is C19H21N3O5S. The van der Waals surface area contributed by atoms with Gasteiger partial charge in [-0.15, -0.1) is 0 Å². The van der Waals surface area contributed by atoms with Gasteiger partial charge in [0, 0.05) is 18.2 Å². The van der Waals surface area contributed by atoms with Crippen LogP contribution in [0.1, 0.15) is 15.9 Å². The van der Waals surface area contributed by atoms with Gasteiger partial charge in [-0.25, -0.2) is 8.42 Å². The van der Waals surface area contributed by atoms with Crippen molar-refractivity contribution in [1.29, 1.82) is 0 Å². The molecule has 28 heavy (non-hydrogen) atoms. The molecule has 0 aliphatic rings. The average Bonchev–Trinajstić information content (AvgIpc) is 2.66. The van der Waals surface area contributed by atoms with Crippen LogP contribution in [0.3, 0.4) is 0 Å². The molecule has 0 fully saturated rings. The number of carbonyl (C=O) groups is 2. The van der Waals surface area contributed by atoms with Crippen molar-refractivity contribution < 1.29 is 22.7 Å². The van der Waals surface area contributed by atoms with Gasteiger partial charge in [-0.3, -0.25) is 14.3 Å². The second-order valence-corrected chi connectivity index (χ2v) is 7.57. The normalized spacial score (nSPS) is 10.6. The second kappa shape index (κ2) is 9.05. The summed E-state index contributed by atoms with van der Waals surface area (Å²) in [5.41, 5.74) is 1.69. The lowest BCUT2D eigenvalue weighted by Gasteiger charge is -2.14. The van der Waals surface area contributed by atoms with Crippen LogP contribution in [-0.4, -0.2) is 33.6 Å². The molecule has 2 aromatic rings. The third-order valence-corrected chi connectivity index (χ3v) is 4.26. The minimum atomic E-state index is -3.44. The lowest BCUT2D eigenvalue weighted by molar-refractivity contribution is -0.116. The third kappa shape index (κ3) is 5.85. The zero-order valence-corrected chi connectivity index (χ0v) is 16.3. The summed E-state index contributed by atoms with van der Waals surface area (Å²) in [6.45, 7) is 3.56. The maximum absolute atomic E-state index is 12.7. The molecule has 2 aromatic carbocycles. The molecule has 148 valence electrons. The van der Waals surface area contributed by atoms with E-state index in [0.717, 1.165) is 12.3 Å². The lowest BCUT2D eigenvalue weighted by Crippen LogP contribution is -2.23. The van der Waals surface area contributed by atoms with Crippen molar-refractivity contribution in [2.24, 2.45) is 0 Å². The summed E-state index contributed by atoms with van der Waals surface area (Å²) in [5.74, 6) is -0.448. The predicted octanol–water partition coefficient (Wildman–Crippen LogP) is 2.12. The molecule has 0 saturated heterocycles. The molecule has 2 rings (SSSR count). The summed E-state index contributed by atoms with van der Waals surface area (Å²) >= 11 is 0. The van der Waals surface area contributed by atoms with Crippen molar-refractivity contribution in [3.8, 4) is 5.75 Å². The molecule has 8 nitrogen and oxygen atoms in total. The van der Waals surface area contributed by atoms with Crippen LogP contribution in [0.15, 0.2) is 55.1 Å². The molecule has 3 N–H and O–H groups in total. The first-order valence-corrected chi connectivity index (χ1v) is 10.1. The standard InChI is InChI=1S/C19H21N3O5S/c1-4-18(23)20-12-13-7-5-6-8-15(13)19(24)21-16-10-9-14(11-17(16)27-2)22-28(3,25)26/h4-11,22H,1,12H2,2-3H3,(H,20,23)(H,21,24). The van der Waals surface area contributed by atoms with Gasteiger partial charge in [0.05, 0.1) is 24.7 Å². The Kier molecular flexibility index (Phi) is 6.78. The molecule has 0 radical (unpaired) electrons. The van der Waals surface area contributed by atoms with Gasteiger partial charge in [0.25, 0.3) is 5.91 Å². The van der Waals surface area contributed by atoms with Gasteiger partial charge in [-0.1, -0.05) is 24.8 Å². The molecule has 0 bridgehead atoms. The Bertz CT molecular complexity index is 1000. The largest absolute Gasteiger partial charge is 0.494 e. The zero-order chi connectivity index (χ0) is 20.7. The monoisotopic (exact) mass is 403 g/mol. The Labute approximate surface area is 163 Å². The summed E-state index contributed by atoms with van der Waals surface area (Å²) in [4.78, 5) is 24.1. The number of carbonyl (C=O) groups excluding carboxylic acids is 2. The maximum Gasteiger partial charge on any atom is 0.256 e. The van der Waals surface area contributed by atoms with E-state index in [1.165, 1.54) is 25.3 Å². The Morgan fingerprint density at radius 2 is 1.89 bits per heavy atom. The van der Waals surface area contributed by atoms with Gasteiger partial charge in [0.1, 0.15) is 5.75 Å². The molecule has 0 atom stereocenters. The number of sulfonamides is 1. The summed E-state index contributed by atoms with van der Waals surface area (Å²) in [5, 5.41) is 5.37. The van der Waals surface area contributed by atoms with E-state index in [-0.39, 0.29) is 12.5 Å². The quantitative estimate of drug-likeness (QED) is 0.584. The summed E-state index contributed by atoms with van der Waals surface area (Å²) in [7, 11) is -2.03. The number of hydrogen-bond acceptors (Lipinski definition) is 5. The molecule has 0 spiro atoms. The first-order valence-electron chi connectivity index (χ1n) is 8.19. The fourth-order valence-electron chi connectivity index (χ4n) is 2.41. The minimum Gasteiger partial charge on any atom is -0.494 e. The van der Waals surface area contributed by atoms with Crippen LogP contribution in [-0.2, 0) is 21.4 Å². The molecule has 0 saturated carbocycles. The minimum absolute atomic E-state index is 0.169. The molecular weight excluding hydrogens is 382 g/mol. The fourth-order valence-corrected chi connectivity index (χ4v) is 2.97. The van der Waals surface area contributed by atoms with Gasteiger partial charge in [0.2, 0.25) is 15.9 Å². The first-order chi connectivity index (χ1) is 13.2. The van der Waals surface area contributed by atoms with Crippen molar-refractivity contribution in [2.45, 2.75) is 6.54 Å². The van der Waals surface area contributed by atoms with E-state index >= 15 is 0 Å². The number of ether oxygens (including phenoxy) is 1. The smallest absolute Gasteiger partial charge is 0.256 e. The number of anilines is 2. The van der Waals surface area contributed by atoms with Crippen LogP contribution in [0.5, 0.6) is 5.75 Å². The highest BCUT2D eigenvalue weighted by Crippen LogP contribution is 2.29. The zero-order valence-electron chi connectivity index (χ0n) is 15.5. The number of methoxy groups -OCH3 is 1. The molecule has 2 amide bonds. The molecule has 0 aliphatic carbocycles. The highest BCUT2D eigenvalue weighted by Gasteiger charge is 2.15. The number of nitrogens with one attached hydrogen (secondary N) is 3.